The average Bonchev–Trinajstić information content (AvgIpc) is 2.51. The van der Waals surface area contributed by atoms with E-state index in [2.05, 4.69) is 5.32 Å². The van der Waals surface area contributed by atoms with Gasteiger partial charge in [0.2, 0.25) is 10.0 Å². The van der Waals surface area contributed by atoms with Crippen molar-refractivity contribution in [3.63, 3.8) is 0 Å². The topological polar surface area (TPSA) is 66.5 Å². The second-order valence-corrected chi connectivity index (χ2v) is 7.86. The minimum Gasteiger partial charge on any atom is -0.322 e. The van der Waals surface area contributed by atoms with Crippen molar-refractivity contribution in [2.45, 2.75) is 4.90 Å². The quantitative estimate of drug-likeness (QED) is 0.892. The SMILES string of the molecule is CN(C)S(=O)(=O)c1ccc(C(=O)Nc2ccc(Cl)c(Cl)c2)cc1. The van der Waals surface area contributed by atoms with E-state index in [1.807, 2.05) is 0 Å². The summed E-state index contributed by atoms with van der Waals surface area (Å²) in [5.74, 6) is -0.378. The van der Waals surface area contributed by atoms with E-state index in [0.29, 0.717) is 21.3 Å². The third-order valence-electron chi connectivity index (χ3n) is 3.07. The number of nitrogens with zero attached hydrogens (tertiary/aromatic N) is 1. The highest BCUT2D eigenvalue weighted by molar-refractivity contribution is 7.89. The van der Waals surface area contributed by atoms with Gasteiger partial charge in [0.1, 0.15) is 0 Å². The molecule has 0 atom stereocenters. The lowest BCUT2D eigenvalue weighted by Crippen LogP contribution is -2.22. The number of anilines is 1. The molecule has 1 amide bonds. The number of benzene rings is 2. The maximum atomic E-state index is 12.2. The molecule has 0 aliphatic carbocycles. The third kappa shape index (κ3) is 4.03. The van der Waals surface area contributed by atoms with Crippen LogP contribution in [-0.4, -0.2) is 32.7 Å². The molecule has 0 unspecified atom stereocenters. The van der Waals surface area contributed by atoms with Gasteiger partial charge in [-0.25, -0.2) is 12.7 Å². The summed E-state index contributed by atoms with van der Waals surface area (Å²) >= 11 is 11.7. The normalized spacial score (nSPS) is 11.5. The molecule has 2 aromatic carbocycles. The van der Waals surface area contributed by atoms with Gasteiger partial charge in [-0.05, 0) is 42.5 Å². The number of hydrogen-bond donors (Lipinski definition) is 1. The fraction of sp³-hybridized carbons (Fsp3) is 0.133. The first kappa shape index (κ1) is 17.7. The summed E-state index contributed by atoms with van der Waals surface area (Å²) in [6.45, 7) is 0. The molecule has 0 bridgehead atoms. The van der Waals surface area contributed by atoms with Crippen molar-refractivity contribution in [1.82, 2.24) is 4.31 Å². The number of carbonyl (C=O) groups is 1. The van der Waals surface area contributed by atoms with Crippen LogP contribution in [0.15, 0.2) is 47.4 Å². The molecular formula is C15H14Cl2N2O3S. The van der Waals surface area contributed by atoms with Crippen LogP contribution >= 0.6 is 23.2 Å². The van der Waals surface area contributed by atoms with E-state index in [4.69, 9.17) is 23.2 Å². The molecule has 0 radical (unpaired) electrons. The van der Waals surface area contributed by atoms with Gasteiger partial charge in [0.15, 0.2) is 0 Å². The number of rotatable bonds is 4. The van der Waals surface area contributed by atoms with Crippen LogP contribution in [0.4, 0.5) is 5.69 Å². The predicted molar refractivity (Wildman–Crippen MR) is 91.7 cm³/mol. The van der Waals surface area contributed by atoms with Crippen molar-refractivity contribution in [2.24, 2.45) is 0 Å². The molecule has 0 aromatic heterocycles. The zero-order valence-electron chi connectivity index (χ0n) is 12.4. The molecule has 2 rings (SSSR count). The largest absolute Gasteiger partial charge is 0.322 e. The Morgan fingerprint density at radius 2 is 1.61 bits per heavy atom. The molecule has 0 saturated carbocycles. The van der Waals surface area contributed by atoms with Crippen LogP contribution < -0.4 is 5.32 Å². The zero-order chi connectivity index (χ0) is 17.2. The molecule has 1 N–H and O–H groups in total. The monoisotopic (exact) mass is 372 g/mol. The van der Waals surface area contributed by atoms with E-state index in [0.717, 1.165) is 4.31 Å². The minimum absolute atomic E-state index is 0.119. The van der Waals surface area contributed by atoms with E-state index in [1.54, 1.807) is 12.1 Å². The molecule has 0 aliphatic heterocycles. The van der Waals surface area contributed by atoms with E-state index in [9.17, 15) is 13.2 Å². The second kappa shape index (κ2) is 6.88. The number of carbonyl (C=O) groups excluding carboxylic acids is 1. The van der Waals surface area contributed by atoms with Crippen LogP contribution in [0.3, 0.4) is 0 Å². The predicted octanol–water partition coefficient (Wildman–Crippen LogP) is 3.50. The number of amides is 1. The van der Waals surface area contributed by atoms with Crippen LogP contribution in [0.25, 0.3) is 0 Å². The summed E-state index contributed by atoms with van der Waals surface area (Å²) < 4.78 is 25.1. The summed E-state index contributed by atoms with van der Waals surface area (Å²) in [7, 11) is -0.630. The lowest BCUT2D eigenvalue weighted by atomic mass is 10.2. The summed E-state index contributed by atoms with van der Waals surface area (Å²) in [4.78, 5) is 12.3. The molecular weight excluding hydrogens is 359 g/mol. The van der Waals surface area contributed by atoms with Crippen molar-refractivity contribution < 1.29 is 13.2 Å². The molecule has 0 fully saturated rings. The first-order valence-electron chi connectivity index (χ1n) is 6.51. The fourth-order valence-electron chi connectivity index (χ4n) is 1.77. The number of nitrogens with one attached hydrogen (secondary N) is 1. The lowest BCUT2D eigenvalue weighted by molar-refractivity contribution is 0.102. The average molecular weight is 373 g/mol. The van der Waals surface area contributed by atoms with Crippen molar-refractivity contribution in [3.05, 3.63) is 58.1 Å². The molecule has 122 valence electrons. The molecule has 0 heterocycles. The van der Waals surface area contributed by atoms with Gasteiger partial charge >= 0.3 is 0 Å². The maximum Gasteiger partial charge on any atom is 0.255 e. The standard InChI is InChI=1S/C15H14Cl2N2O3S/c1-19(2)23(21,22)12-6-3-10(4-7-12)15(20)18-11-5-8-13(16)14(17)9-11/h3-9H,1-2H3,(H,18,20). The Morgan fingerprint density at radius 3 is 2.13 bits per heavy atom. The highest BCUT2D eigenvalue weighted by Gasteiger charge is 2.17. The Balaban J connectivity index is 2.19. The summed E-state index contributed by atoms with van der Waals surface area (Å²) in [5.41, 5.74) is 0.822. The van der Waals surface area contributed by atoms with E-state index in [1.165, 1.54) is 44.4 Å². The Bertz CT molecular complexity index is 834. The van der Waals surface area contributed by atoms with Crippen LogP contribution in [-0.2, 0) is 10.0 Å². The number of hydrogen-bond acceptors (Lipinski definition) is 3. The lowest BCUT2D eigenvalue weighted by Gasteiger charge is -2.11. The Hall–Kier alpha value is -1.60. The van der Waals surface area contributed by atoms with E-state index in [-0.39, 0.29) is 10.8 Å². The van der Waals surface area contributed by atoms with E-state index >= 15 is 0 Å². The van der Waals surface area contributed by atoms with Gasteiger partial charge in [-0.3, -0.25) is 4.79 Å². The highest BCUT2D eigenvalue weighted by atomic mass is 35.5. The number of halogens is 2. The molecule has 23 heavy (non-hydrogen) atoms. The Morgan fingerprint density at radius 1 is 1.00 bits per heavy atom. The smallest absolute Gasteiger partial charge is 0.255 e. The summed E-state index contributed by atoms with van der Waals surface area (Å²) in [6.07, 6.45) is 0. The second-order valence-electron chi connectivity index (χ2n) is 4.89. The van der Waals surface area contributed by atoms with Gasteiger partial charge in [-0.2, -0.15) is 0 Å². The molecule has 0 saturated heterocycles. The van der Waals surface area contributed by atoms with Crippen LogP contribution in [0.5, 0.6) is 0 Å². The van der Waals surface area contributed by atoms with Crippen molar-refractivity contribution >= 4 is 44.8 Å². The molecule has 5 nitrogen and oxygen atoms in total. The zero-order valence-corrected chi connectivity index (χ0v) is 14.7. The molecule has 2 aromatic rings. The Labute approximate surface area is 144 Å². The van der Waals surface area contributed by atoms with Gasteiger partial charge in [0.05, 0.1) is 14.9 Å². The van der Waals surface area contributed by atoms with Gasteiger partial charge < -0.3 is 5.32 Å². The van der Waals surface area contributed by atoms with Crippen molar-refractivity contribution in [3.8, 4) is 0 Å². The van der Waals surface area contributed by atoms with Crippen LogP contribution in [0.2, 0.25) is 10.0 Å². The van der Waals surface area contributed by atoms with Crippen LogP contribution in [0, 0.1) is 0 Å². The summed E-state index contributed by atoms with van der Waals surface area (Å²) in [5, 5.41) is 3.39. The summed E-state index contributed by atoms with van der Waals surface area (Å²) in [6, 6.07) is 10.4. The third-order valence-corrected chi connectivity index (χ3v) is 5.64. The highest BCUT2D eigenvalue weighted by Crippen LogP contribution is 2.25. The minimum atomic E-state index is -3.52. The van der Waals surface area contributed by atoms with Crippen molar-refractivity contribution in [1.29, 1.82) is 0 Å². The maximum absolute atomic E-state index is 12.2. The fourth-order valence-corrected chi connectivity index (χ4v) is 2.97. The molecule has 8 heteroatoms. The number of sulfonamides is 1. The first-order valence-corrected chi connectivity index (χ1v) is 8.70. The van der Waals surface area contributed by atoms with Crippen molar-refractivity contribution in [2.75, 3.05) is 19.4 Å². The van der Waals surface area contributed by atoms with Gasteiger partial charge in [0.25, 0.3) is 5.91 Å². The first-order chi connectivity index (χ1) is 10.7. The van der Waals surface area contributed by atoms with Gasteiger partial charge in [-0.15, -0.1) is 0 Å². The van der Waals surface area contributed by atoms with E-state index < -0.39 is 10.0 Å². The molecule has 0 spiro atoms. The van der Waals surface area contributed by atoms with Gasteiger partial charge in [0, 0.05) is 25.3 Å². The van der Waals surface area contributed by atoms with Gasteiger partial charge in [-0.1, -0.05) is 23.2 Å². The Kier molecular flexibility index (Phi) is 5.31. The molecule has 0 aliphatic rings. The van der Waals surface area contributed by atoms with Crippen LogP contribution in [0.1, 0.15) is 10.4 Å².